The van der Waals surface area contributed by atoms with Gasteiger partial charge < -0.3 is 9.13 Å². The second-order valence-corrected chi connectivity index (χ2v) is 10.6. The van der Waals surface area contributed by atoms with Crippen LogP contribution in [0, 0.1) is 6.92 Å². The maximum absolute atomic E-state index is 2.44. The third-order valence-corrected chi connectivity index (χ3v) is 8.56. The molecule has 39 heavy (non-hydrogen) atoms. The number of pyridine rings is 1. The minimum atomic E-state index is 1.20. The first kappa shape index (κ1) is 22.1. The number of hydrogen-bond donors (Lipinski definition) is 0. The number of hydrogen-bond acceptors (Lipinski definition) is 0. The Morgan fingerprint density at radius 2 is 1.23 bits per heavy atom. The highest BCUT2D eigenvalue weighted by molar-refractivity contribution is 6.17. The van der Waals surface area contributed by atoms with E-state index in [1.165, 1.54) is 76.9 Å². The highest BCUT2D eigenvalue weighted by Crippen LogP contribution is 2.40. The van der Waals surface area contributed by atoms with Crippen LogP contribution in [0.1, 0.15) is 5.56 Å². The highest BCUT2D eigenvalue weighted by Gasteiger charge is 2.25. The molecular weight excluding hydrogens is 474 g/mol. The maximum atomic E-state index is 2.44. The summed E-state index contributed by atoms with van der Waals surface area (Å²) in [6.07, 6.45) is 2.20. The van der Waals surface area contributed by atoms with Crippen LogP contribution in [0.15, 0.2) is 115 Å². The smallest absolute Gasteiger partial charge is 0.222 e. The van der Waals surface area contributed by atoms with E-state index < -0.39 is 0 Å². The van der Waals surface area contributed by atoms with E-state index in [1.807, 2.05) is 0 Å². The Morgan fingerprint density at radius 1 is 0.590 bits per heavy atom. The number of nitrogens with zero attached hydrogens (tertiary/aromatic N) is 3. The van der Waals surface area contributed by atoms with E-state index in [0.29, 0.717) is 0 Å². The van der Waals surface area contributed by atoms with Crippen LogP contribution in [0.25, 0.3) is 71.3 Å². The molecule has 3 aromatic heterocycles. The highest BCUT2D eigenvalue weighted by atomic mass is 15.0. The average Bonchev–Trinajstić information content (AvgIpc) is 3.46. The van der Waals surface area contributed by atoms with Crippen molar-refractivity contribution in [3.8, 4) is 16.9 Å². The monoisotopic (exact) mass is 502 g/mol. The predicted octanol–water partition coefficient (Wildman–Crippen LogP) is 8.38. The van der Waals surface area contributed by atoms with Crippen molar-refractivity contribution < 1.29 is 4.57 Å². The molecule has 0 radical (unpaired) electrons. The van der Waals surface area contributed by atoms with Crippen LogP contribution < -0.4 is 4.57 Å². The molecule has 0 saturated carbocycles. The lowest BCUT2D eigenvalue weighted by atomic mass is 9.95. The van der Waals surface area contributed by atoms with Crippen molar-refractivity contribution in [2.45, 2.75) is 6.92 Å². The Balaban J connectivity index is 1.52. The molecular formula is C36H28N3+. The van der Waals surface area contributed by atoms with Crippen LogP contribution in [0.2, 0.25) is 0 Å². The number of aromatic nitrogens is 3. The van der Waals surface area contributed by atoms with E-state index in [-0.39, 0.29) is 0 Å². The van der Waals surface area contributed by atoms with E-state index >= 15 is 0 Å². The summed E-state index contributed by atoms with van der Waals surface area (Å²) in [5, 5.41) is 7.70. The molecule has 3 nitrogen and oxygen atoms in total. The molecule has 0 saturated heterocycles. The largest absolute Gasteiger partial charge is 0.342 e. The minimum Gasteiger partial charge on any atom is -0.342 e. The number of fused-ring (bicyclic) bond motifs is 7. The second-order valence-electron chi connectivity index (χ2n) is 10.6. The Labute approximate surface area is 226 Å². The van der Waals surface area contributed by atoms with Crippen molar-refractivity contribution in [1.82, 2.24) is 9.13 Å². The summed E-state index contributed by atoms with van der Waals surface area (Å²) in [5.41, 5.74) is 9.97. The van der Waals surface area contributed by atoms with Gasteiger partial charge in [-0.05, 0) is 47.5 Å². The number of rotatable bonds is 2. The zero-order valence-corrected chi connectivity index (χ0v) is 22.3. The zero-order valence-electron chi connectivity index (χ0n) is 22.3. The quantitative estimate of drug-likeness (QED) is 0.211. The Morgan fingerprint density at radius 3 is 1.97 bits per heavy atom. The second kappa shape index (κ2) is 8.05. The van der Waals surface area contributed by atoms with Gasteiger partial charge in [-0.3, -0.25) is 0 Å². The van der Waals surface area contributed by atoms with E-state index in [4.69, 9.17) is 0 Å². The van der Waals surface area contributed by atoms with Gasteiger partial charge in [0, 0.05) is 29.3 Å². The van der Waals surface area contributed by atoms with Gasteiger partial charge >= 0.3 is 0 Å². The summed E-state index contributed by atoms with van der Waals surface area (Å²) >= 11 is 0. The summed E-state index contributed by atoms with van der Waals surface area (Å²) in [4.78, 5) is 0. The van der Waals surface area contributed by atoms with Crippen LogP contribution in [0.4, 0.5) is 0 Å². The molecule has 3 heterocycles. The van der Waals surface area contributed by atoms with Gasteiger partial charge in [0.15, 0.2) is 6.20 Å². The summed E-state index contributed by atoms with van der Waals surface area (Å²) in [6.45, 7) is 2.26. The van der Waals surface area contributed by atoms with Gasteiger partial charge in [0.25, 0.3) is 0 Å². The van der Waals surface area contributed by atoms with Crippen molar-refractivity contribution >= 4 is 54.4 Å². The van der Waals surface area contributed by atoms with Crippen LogP contribution in [0.5, 0.6) is 0 Å². The third-order valence-electron chi connectivity index (χ3n) is 8.56. The van der Waals surface area contributed by atoms with E-state index in [1.54, 1.807) is 0 Å². The van der Waals surface area contributed by atoms with Gasteiger partial charge in [0.05, 0.1) is 38.7 Å². The fourth-order valence-electron chi connectivity index (χ4n) is 6.76. The van der Waals surface area contributed by atoms with Crippen molar-refractivity contribution in [3.63, 3.8) is 0 Å². The molecule has 0 aliphatic carbocycles. The first-order chi connectivity index (χ1) is 19.1. The molecule has 0 bridgehead atoms. The van der Waals surface area contributed by atoms with Crippen LogP contribution in [-0.2, 0) is 14.1 Å². The molecule has 0 aliphatic rings. The SMILES string of the molecule is Cc1c(-c2c3c4cccc(-n5c6ccccc6c6ccccc65)c4n(C)c3cc[n+]2C)ccc2ccccc12. The van der Waals surface area contributed by atoms with Gasteiger partial charge in [0.1, 0.15) is 7.05 Å². The molecule has 8 rings (SSSR count). The Bertz CT molecular complexity index is 2210. The topological polar surface area (TPSA) is 13.7 Å². The molecule has 0 spiro atoms. The molecule has 0 amide bonds. The van der Waals surface area contributed by atoms with Crippen molar-refractivity contribution in [1.29, 1.82) is 0 Å². The van der Waals surface area contributed by atoms with Gasteiger partial charge in [-0.2, -0.15) is 0 Å². The Kier molecular flexibility index (Phi) is 4.57. The zero-order chi connectivity index (χ0) is 26.2. The molecule has 0 N–H and O–H groups in total. The maximum Gasteiger partial charge on any atom is 0.222 e. The van der Waals surface area contributed by atoms with Crippen LogP contribution >= 0.6 is 0 Å². The van der Waals surface area contributed by atoms with E-state index in [9.17, 15) is 0 Å². The van der Waals surface area contributed by atoms with Crippen molar-refractivity contribution in [2.24, 2.45) is 14.1 Å². The predicted molar refractivity (Wildman–Crippen MR) is 164 cm³/mol. The number of aryl methyl sites for hydroxylation is 3. The normalized spacial score (nSPS) is 12.0. The summed E-state index contributed by atoms with van der Waals surface area (Å²) in [7, 11) is 4.37. The molecule has 0 atom stereocenters. The van der Waals surface area contributed by atoms with Crippen LogP contribution in [-0.4, -0.2) is 9.13 Å². The lowest BCUT2D eigenvalue weighted by Crippen LogP contribution is -2.30. The molecule has 3 heteroatoms. The number of benzene rings is 5. The van der Waals surface area contributed by atoms with Gasteiger partial charge in [-0.1, -0.05) is 78.9 Å². The summed E-state index contributed by atoms with van der Waals surface area (Å²) < 4.78 is 7.10. The first-order valence-corrected chi connectivity index (χ1v) is 13.5. The van der Waals surface area contributed by atoms with E-state index in [2.05, 4.69) is 150 Å². The fraction of sp³-hybridized carbons (Fsp3) is 0.0833. The Hall–Kier alpha value is -4.89. The minimum absolute atomic E-state index is 1.20. The molecule has 8 aromatic rings. The summed E-state index contributed by atoms with van der Waals surface area (Å²) in [5.74, 6) is 0. The van der Waals surface area contributed by atoms with Gasteiger partial charge in [0.2, 0.25) is 5.69 Å². The van der Waals surface area contributed by atoms with Crippen LogP contribution in [0.3, 0.4) is 0 Å². The molecule has 186 valence electrons. The van der Waals surface area contributed by atoms with Gasteiger partial charge in [-0.15, -0.1) is 0 Å². The van der Waals surface area contributed by atoms with E-state index in [0.717, 1.165) is 0 Å². The molecule has 0 unspecified atom stereocenters. The third kappa shape index (κ3) is 2.96. The molecule has 0 fully saturated rings. The van der Waals surface area contributed by atoms with Gasteiger partial charge in [-0.25, -0.2) is 4.57 Å². The summed E-state index contributed by atoms with van der Waals surface area (Å²) in [6, 6.07) is 39.7. The average molecular weight is 503 g/mol. The first-order valence-electron chi connectivity index (χ1n) is 13.5. The lowest BCUT2D eigenvalue weighted by Gasteiger charge is -2.11. The van der Waals surface area contributed by atoms with Crippen molar-refractivity contribution in [2.75, 3.05) is 0 Å². The molecule has 0 aliphatic heterocycles. The molecule has 5 aromatic carbocycles. The van der Waals surface area contributed by atoms with Crippen molar-refractivity contribution in [3.05, 3.63) is 121 Å². The lowest BCUT2D eigenvalue weighted by molar-refractivity contribution is -0.659. The number of para-hydroxylation sites is 3. The fourth-order valence-corrected chi connectivity index (χ4v) is 6.76. The standard InChI is InChI=1S/C36H28N3/c1-23-25-12-5-4-11-24(25)19-20-26(23)36-34-29-15-10-18-33(35(29)38(3)32(34)21-22-37(36)2)39-30-16-8-6-13-27(30)28-14-7-9-17-31(28)39/h4-22H,1-3H3/q+1.